The van der Waals surface area contributed by atoms with Crippen molar-refractivity contribution in [2.75, 3.05) is 20.3 Å². The highest BCUT2D eigenvalue weighted by Crippen LogP contribution is 2.25. The highest BCUT2D eigenvalue weighted by Gasteiger charge is 2.04. The molecule has 2 aromatic carbocycles. The second kappa shape index (κ2) is 10.5. The zero-order chi connectivity index (χ0) is 15.8. The summed E-state index contributed by atoms with van der Waals surface area (Å²) in [5, 5.41) is 3.73. The van der Waals surface area contributed by atoms with E-state index in [4.69, 9.17) is 22.1 Å². The Morgan fingerprint density at radius 1 is 1.17 bits per heavy atom. The molecule has 0 unspecified atom stereocenters. The predicted octanol–water partition coefficient (Wildman–Crippen LogP) is 3.68. The molecule has 124 valence electrons. The minimum Gasteiger partial charge on any atom is -0.383 e. The van der Waals surface area contributed by atoms with Gasteiger partial charge in [-0.1, -0.05) is 48.0 Å². The van der Waals surface area contributed by atoms with Crippen molar-refractivity contribution in [1.82, 2.24) is 5.32 Å². The third kappa shape index (κ3) is 6.37. The lowest BCUT2D eigenvalue weighted by atomic mass is 10.00. The Bertz CT molecular complexity index is 632. The van der Waals surface area contributed by atoms with Crippen molar-refractivity contribution in [3.05, 3.63) is 59.1 Å². The summed E-state index contributed by atoms with van der Waals surface area (Å²) in [5.74, 6) is 0.419. The van der Waals surface area contributed by atoms with Crippen LogP contribution >= 0.6 is 35.6 Å². The topological polar surface area (TPSA) is 59.6 Å². The largest absolute Gasteiger partial charge is 0.383 e. The Balaban J connectivity index is 0.00000264. The van der Waals surface area contributed by atoms with Crippen LogP contribution in [0.4, 0.5) is 0 Å². The summed E-state index contributed by atoms with van der Waals surface area (Å²) in [6.07, 6.45) is 0. The Labute approximate surface area is 159 Å². The van der Waals surface area contributed by atoms with Gasteiger partial charge in [-0.2, -0.15) is 0 Å². The average molecular weight is 446 g/mol. The first-order valence-corrected chi connectivity index (χ1v) is 7.45. The highest BCUT2D eigenvalue weighted by atomic mass is 127. The Morgan fingerprint density at radius 2 is 1.87 bits per heavy atom. The molecule has 0 saturated heterocycles. The maximum absolute atomic E-state index is 5.95. The minimum absolute atomic E-state index is 0. The predicted molar refractivity (Wildman–Crippen MR) is 108 cm³/mol. The zero-order valence-corrected chi connectivity index (χ0v) is 16.0. The number of halogens is 2. The van der Waals surface area contributed by atoms with E-state index in [2.05, 4.69) is 22.4 Å². The van der Waals surface area contributed by atoms with Crippen LogP contribution in [0.2, 0.25) is 5.02 Å². The SMILES string of the molecule is COCCNC(N)=NCc1ccccc1-c1ccc(Cl)cc1.I. The maximum Gasteiger partial charge on any atom is 0.188 e. The van der Waals surface area contributed by atoms with Gasteiger partial charge in [-0.25, -0.2) is 4.99 Å². The summed E-state index contributed by atoms with van der Waals surface area (Å²) in [6.45, 7) is 1.76. The van der Waals surface area contributed by atoms with Crippen LogP contribution in [0.15, 0.2) is 53.5 Å². The van der Waals surface area contributed by atoms with Gasteiger partial charge in [0.15, 0.2) is 5.96 Å². The smallest absolute Gasteiger partial charge is 0.188 e. The lowest BCUT2D eigenvalue weighted by Crippen LogP contribution is -2.34. The number of nitrogens with zero attached hydrogens (tertiary/aromatic N) is 1. The monoisotopic (exact) mass is 445 g/mol. The first kappa shape index (κ1) is 19.7. The first-order valence-electron chi connectivity index (χ1n) is 7.07. The van der Waals surface area contributed by atoms with E-state index >= 15 is 0 Å². The number of rotatable bonds is 6. The summed E-state index contributed by atoms with van der Waals surface area (Å²) in [5.41, 5.74) is 9.19. The van der Waals surface area contributed by atoms with E-state index in [1.54, 1.807) is 7.11 Å². The molecule has 0 aliphatic heterocycles. The van der Waals surface area contributed by atoms with Gasteiger partial charge < -0.3 is 15.8 Å². The molecule has 6 heteroatoms. The molecule has 4 nitrogen and oxygen atoms in total. The van der Waals surface area contributed by atoms with Crippen LogP contribution < -0.4 is 11.1 Å². The molecule has 3 N–H and O–H groups in total. The van der Waals surface area contributed by atoms with Crippen molar-refractivity contribution in [3.63, 3.8) is 0 Å². The van der Waals surface area contributed by atoms with Gasteiger partial charge in [0.25, 0.3) is 0 Å². The van der Waals surface area contributed by atoms with E-state index in [0.29, 0.717) is 25.7 Å². The molecule has 0 aliphatic rings. The Morgan fingerprint density at radius 3 is 2.57 bits per heavy atom. The lowest BCUT2D eigenvalue weighted by molar-refractivity contribution is 0.204. The van der Waals surface area contributed by atoms with Crippen molar-refractivity contribution < 1.29 is 4.74 Å². The third-order valence-electron chi connectivity index (χ3n) is 3.20. The normalized spacial score (nSPS) is 11.0. The number of benzene rings is 2. The Hall–Kier alpha value is -1.31. The van der Waals surface area contributed by atoms with Crippen molar-refractivity contribution in [2.24, 2.45) is 10.7 Å². The maximum atomic E-state index is 5.95. The molecule has 23 heavy (non-hydrogen) atoms. The van der Waals surface area contributed by atoms with Crippen molar-refractivity contribution in [1.29, 1.82) is 0 Å². The molecular weight excluding hydrogens is 425 g/mol. The molecule has 2 aromatic rings. The number of hydrogen-bond donors (Lipinski definition) is 2. The molecule has 0 saturated carbocycles. The van der Waals surface area contributed by atoms with Gasteiger partial charge in [-0.15, -0.1) is 24.0 Å². The number of methoxy groups -OCH3 is 1. The van der Waals surface area contributed by atoms with E-state index < -0.39 is 0 Å². The fraction of sp³-hybridized carbons (Fsp3) is 0.235. The summed E-state index contributed by atoms with van der Waals surface area (Å²) in [4.78, 5) is 4.37. The lowest BCUT2D eigenvalue weighted by Gasteiger charge is -2.09. The molecule has 0 aromatic heterocycles. The van der Waals surface area contributed by atoms with Gasteiger partial charge in [0, 0.05) is 18.7 Å². The van der Waals surface area contributed by atoms with Crippen molar-refractivity contribution in [2.45, 2.75) is 6.54 Å². The van der Waals surface area contributed by atoms with E-state index in [1.807, 2.05) is 36.4 Å². The summed E-state index contributed by atoms with van der Waals surface area (Å²) in [6, 6.07) is 15.9. The number of nitrogens with one attached hydrogen (secondary N) is 1. The number of nitrogens with two attached hydrogens (primary N) is 1. The third-order valence-corrected chi connectivity index (χ3v) is 3.46. The molecule has 0 bridgehead atoms. The molecule has 2 rings (SSSR count). The number of hydrogen-bond acceptors (Lipinski definition) is 2. The molecule has 0 atom stereocenters. The molecule has 0 heterocycles. The molecular formula is C17H21ClIN3O. The average Bonchev–Trinajstić information content (AvgIpc) is 2.54. The molecule has 0 aliphatic carbocycles. The second-order valence-electron chi connectivity index (χ2n) is 4.79. The fourth-order valence-corrected chi connectivity index (χ4v) is 2.20. The number of guanidine groups is 1. The minimum atomic E-state index is 0. The second-order valence-corrected chi connectivity index (χ2v) is 5.22. The van der Waals surface area contributed by atoms with E-state index in [0.717, 1.165) is 21.7 Å². The standard InChI is InChI=1S/C17H20ClN3O.HI/c1-22-11-10-20-17(19)21-12-14-4-2-3-5-16(14)13-6-8-15(18)9-7-13;/h2-9H,10-12H2,1H3,(H3,19,20,21);1H. The zero-order valence-electron chi connectivity index (χ0n) is 13.0. The van der Waals surface area contributed by atoms with Gasteiger partial charge in [-0.3, -0.25) is 0 Å². The first-order chi connectivity index (χ1) is 10.7. The molecule has 0 spiro atoms. The highest BCUT2D eigenvalue weighted by molar-refractivity contribution is 14.0. The molecule has 0 amide bonds. The van der Waals surface area contributed by atoms with Crippen LogP contribution in [0.5, 0.6) is 0 Å². The summed E-state index contributed by atoms with van der Waals surface area (Å²) < 4.78 is 4.96. The number of ether oxygens (including phenoxy) is 1. The fourth-order valence-electron chi connectivity index (χ4n) is 2.08. The van der Waals surface area contributed by atoms with Gasteiger partial charge in [0.1, 0.15) is 0 Å². The van der Waals surface area contributed by atoms with Gasteiger partial charge in [-0.05, 0) is 28.8 Å². The van der Waals surface area contributed by atoms with E-state index in [1.165, 1.54) is 0 Å². The van der Waals surface area contributed by atoms with Crippen molar-refractivity contribution >= 4 is 41.5 Å². The van der Waals surface area contributed by atoms with Crippen LogP contribution in [0.1, 0.15) is 5.56 Å². The Kier molecular flexibility index (Phi) is 8.98. The molecule has 0 fully saturated rings. The van der Waals surface area contributed by atoms with Crippen LogP contribution in [-0.2, 0) is 11.3 Å². The van der Waals surface area contributed by atoms with Crippen molar-refractivity contribution in [3.8, 4) is 11.1 Å². The van der Waals surface area contributed by atoms with Gasteiger partial charge in [0.05, 0.1) is 13.2 Å². The summed E-state index contributed by atoms with van der Waals surface area (Å²) >= 11 is 5.95. The van der Waals surface area contributed by atoms with E-state index in [9.17, 15) is 0 Å². The van der Waals surface area contributed by atoms with Crippen LogP contribution in [0.25, 0.3) is 11.1 Å². The number of aliphatic imine (C=N–C) groups is 1. The van der Waals surface area contributed by atoms with Crippen LogP contribution in [0.3, 0.4) is 0 Å². The van der Waals surface area contributed by atoms with Crippen LogP contribution in [-0.4, -0.2) is 26.2 Å². The van der Waals surface area contributed by atoms with Crippen LogP contribution in [0, 0.1) is 0 Å². The van der Waals surface area contributed by atoms with Gasteiger partial charge in [0.2, 0.25) is 0 Å². The van der Waals surface area contributed by atoms with Gasteiger partial charge >= 0.3 is 0 Å². The quantitative estimate of drug-likeness (QED) is 0.309. The molecule has 0 radical (unpaired) electrons. The van der Waals surface area contributed by atoms with E-state index in [-0.39, 0.29) is 24.0 Å². The summed E-state index contributed by atoms with van der Waals surface area (Å²) in [7, 11) is 1.65.